The van der Waals surface area contributed by atoms with Gasteiger partial charge in [0.25, 0.3) is 0 Å². The fraction of sp³-hybridized carbons (Fsp3) is 0. The van der Waals surface area contributed by atoms with E-state index in [2.05, 4.69) is 17.6 Å². The van der Waals surface area contributed by atoms with Crippen molar-refractivity contribution in [2.45, 2.75) is 4.90 Å². The minimum atomic E-state index is 0.205. The molecule has 2 aromatic rings. The second-order valence-corrected chi connectivity index (χ2v) is 3.62. The van der Waals surface area contributed by atoms with E-state index in [0.717, 1.165) is 5.39 Å². The van der Waals surface area contributed by atoms with Crippen molar-refractivity contribution in [2.24, 2.45) is 0 Å². The van der Waals surface area contributed by atoms with E-state index in [0.29, 0.717) is 15.1 Å². The summed E-state index contributed by atoms with van der Waals surface area (Å²) in [6, 6.07) is 7.12. The summed E-state index contributed by atoms with van der Waals surface area (Å²) < 4.78 is 0.539. The summed E-state index contributed by atoms with van der Waals surface area (Å²) >= 11 is 9.19. The van der Waals surface area contributed by atoms with Crippen LogP contribution in [0.2, 0.25) is 0 Å². The van der Waals surface area contributed by atoms with E-state index >= 15 is 0 Å². The van der Waals surface area contributed by atoms with Crippen LogP contribution in [0, 0.1) is 4.64 Å². The number of hydrogen-bond donors (Lipinski definition) is 3. The molecule has 0 spiro atoms. The van der Waals surface area contributed by atoms with Gasteiger partial charge < -0.3 is 10.1 Å². The summed E-state index contributed by atoms with van der Waals surface area (Å²) in [6.45, 7) is 0. The first-order chi connectivity index (χ1) is 6.18. The maximum absolute atomic E-state index is 9.48. The molecule has 0 amide bonds. The molecule has 2 nitrogen and oxygen atoms in total. The number of aromatic hydroxyl groups is 1. The summed E-state index contributed by atoms with van der Waals surface area (Å²) in [5, 5.41) is 10.4. The molecule has 13 heavy (non-hydrogen) atoms. The Bertz CT molecular complexity index is 518. The minimum absolute atomic E-state index is 0.205. The molecule has 0 saturated heterocycles. The number of phenols is 1. The van der Waals surface area contributed by atoms with Crippen molar-refractivity contribution in [3.8, 4) is 5.75 Å². The Kier molecular flexibility index (Phi) is 2.01. The van der Waals surface area contributed by atoms with Gasteiger partial charge in [0.15, 0.2) is 0 Å². The Labute approximate surface area is 85.6 Å². The van der Waals surface area contributed by atoms with Gasteiger partial charge in [0.2, 0.25) is 0 Å². The number of fused-ring (bicyclic) bond motifs is 1. The van der Waals surface area contributed by atoms with Gasteiger partial charge in [-0.15, -0.1) is 12.6 Å². The lowest BCUT2D eigenvalue weighted by atomic mass is 10.2. The van der Waals surface area contributed by atoms with Gasteiger partial charge >= 0.3 is 0 Å². The zero-order chi connectivity index (χ0) is 9.42. The fourth-order valence-electron chi connectivity index (χ4n) is 1.20. The van der Waals surface area contributed by atoms with Gasteiger partial charge in [-0.25, -0.2) is 0 Å². The standard InChI is InChI=1S/C9H7NOS2/c11-6-3-1-2-5-4-7(12)9(13)10-8(5)6/h1-4,11-12H,(H,10,13). The normalized spacial score (nSPS) is 10.5. The fourth-order valence-corrected chi connectivity index (χ4v) is 1.56. The van der Waals surface area contributed by atoms with E-state index < -0.39 is 0 Å². The highest BCUT2D eigenvalue weighted by atomic mass is 32.1. The number of para-hydroxylation sites is 1. The van der Waals surface area contributed by atoms with Crippen molar-refractivity contribution < 1.29 is 5.11 Å². The smallest absolute Gasteiger partial charge is 0.139 e. The second-order valence-electron chi connectivity index (χ2n) is 2.73. The number of benzene rings is 1. The molecule has 1 aromatic heterocycles. The van der Waals surface area contributed by atoms with Crippen molar-refractivity contribution in [3.05, 3.63) is 28.9 Å². The third-order valence-corrected chi connectivity index (χ3v) is 2.66. The van der Waals surface area contributed by atoms with Gasteiger partial charge in [0.1, 0.15) is 10.4 Å². The molecular weight excluding hydrogens is 202 g/mol. The highest BCUT2D eigenvalue weighted by Gasteiger charge is 2.00. The van der Waals surface area contributed by atoms with E-state index in [1.54, 1.807) is 12.1 Å². The second kappa shape index (κ2) is 3.05. The first-order valence-corrected chi connectivity index (χ1v) is 4.58. The minimum Gasteiger partial charge on any atom is -0.506 e. The van der Waals surface area contributed by atoms with E-state index in [1.165, 1.54) is 0 Å². The van der Waals surface area contributed by atoms with E-state index in [-0.39, 0.29) is 5.75 Å². The molecule has 0 saturated carbocycles. The number of nitrogens with one attached hydrogen (secondary N) is 1. The Balaban J connectivity index is 2.97. The van der Waals surface area contributed by atoms with Crippen LogP contribution in [0.3, 0.4) is 0 Å². The average Bonchev–Trinajstić information content (AvgIpc) is 2.09. The number of phenolic OH excluding ortho intramolecular Hbond substituents is 1. The lowest BCUT2D eigenvalue weighted by Gasteiger charge is -2.01. The molecule has 0 fully saturated rings. The predicted molar refractivity (Wildman–Crippen MR) is 58.0 cm³/mol. The van der Waals surface area contributed by atoms with Crippen molar-refractivity contribution in [3.63, 3.8) is 0 Å². The average molecular weight is 209 g/mol. The van der Waals surface area contributed by atoms with Gasteiger partial charge in [-0.05, 0) is 12.1 Å². The molecule has 0 aliphatic heterocycles. The molecule has 0 aliphatic rings. The maximum atomic E-state index is 9.48. The number of pyridine rings is 1. The van der Waals surface area contributed by atoms with Crippen LogP contribution in [0.25, 0.3) is 10.9 Å². The first-order valence-electron chi connectivity index (χ1n) is 3.72. The van der Waals surface area contributed by atoms with Gasteiger partial charge in [0, 0.05) is 10.3 Å². The van der Waals surface area contributed by atoms with Crippen LogP contribution in [-0.4, -0.2) is 10.1 Å². The van der Waals surface area contributed by atoms with Crippen molar-refractivity contribution in [1.82, 2.24) is 4.98 Å². The monoisotopic (exact) mass is 209 g/mol. The van der Waals surface area contributed by atoms with Crippen LogP contribution in [0.15, 0.2) is 29.2 Å². The molecule has 1 heterocycles. The lowest BCUT2D eigenvalue weighted by molar-refractivity contribution is 0.480. The van der Waals surface area contributed by atoms with Crippen LogP contribution in [0.5, 0.6) is 5.75 Å². The quantitative estimate of drug-likeness (QED) is 0.461. The van der Waals surface area contributed by atoms with Gasteiger partial charge in [-0.2, -0.15) is 0 Å². The zero-order valence-electron chi connectivity index (χ0n) is 6.61. The highest BCUT2D eigenvalue weighted by molar-refractivity contribution is 7.81. The molecule has 1 aromatic carbocycles. The summed E-state index contributed by atoms with van der Waals surface area (Å²) in [5.41, 5.74) is 0.658. The van der Waals surface area contributed by atoms with E-state index in [4.69, 9.17) is 12.2 Å². The van der Waals surface area contributed by atoms with Crippen LogP contribution >= 0.6 is 24.8 Å². The molecule has 4 heteroatoms. The van der Waals surface area contributed by atoms with Crippen molar-refractivity contribution in [1.29, 1.82) is 0 Å². The Morgan fingerprint density at radius 2 is 2.15 bits per heavy atom. The Morgan fingerprint density at radius 3 is 2.92 bits per heavy atom. The molecule has 2 rings (SSSR count). The third kappa shape index (κ3) is 1.43. The number of thiol groups is 1. The molecule has 2 N–H and O–H groups in total. The van der Waals surface area contributed by atoms with Crippen LogP contribution in [0.4, 0.5) is 0 Å². The van der Waals surface area contributed by atoms with Gasteiger partial charge in [-0.1, -0.05) is 24.4 Å². The van der Waals surface area contributed by atoms with Crippen LogP contribution < -0.4 is 0 Å². The molecule has 0 atom stereocenters. The van der Waals surface area contributed by atoms with Crippen LogP contribution in [0.1, 0.15) is 0 Å². The predicted octanol–water partition coefficient (Wildman–Crippen LogP) is 2.89. The maximum Gasteiger partial charge on any atom is 0.139 e. The van der Waals surface area contributed by atoms with Gasteiger partial charge in [-0.3, -0.25) is 0 Å². The topological polar surface area (TPSA) is 36.0 Å². The number of aromatic amines is 1. The van der Waals surface area contributed by atoms with Crippen LogP contribution in [-0.2, 0) is 0 Å². The Morgan fingerprint density at radius 1 is 1.38 bits per heavy atom. The molecule has 0 radical (unpaired) electrons. The first kappa shape index (κ1) is 8.59. The van der Waals surface area contributed by atoms with Crippen molar-refractivity contribution >= 4 is 35.7 Å². The summed E-state index contributed by atoms with van der Waals surface area (Å²) in [7, 11) is 0. The molecule has 66 valence electrons. The number of H-pyrrole nitrogens is 1. The van der Waals surface area contributed by atoms with Gasteiger partial charge in [0.05, 0.1) is 5.52 Å². The SMILES string of the molecule is Oc1cccc2cc(S)c(=S)[nH]c12. The van der Waals surface area contributed by atoms with Crippen molar-refractivity contribution in [2.75, 3.05) is 0 Å². The highest BCUT2D eigenvalue weighted by Crippen LogP contribution is 2.24. The summed E-state index contributed by atoms with van der Waals surface area (Å²) in [4.78, 5) is 3.63. The molecule has 0 aliphatic carbocycles. The largest absolute Gasteiger partial charge is 0.506 e. The molecule has 0 bridgehead atoms. The third-order valence-electron chi connectivity index (χ3n) is 1.84. The van der Waals surface area contributed by atoms with E-state index in [9.17, 15) is 5.11 Å². The number of rotatable bonds is 0. The van der Waals surface area contributed by atoms with E-state index in [1.807, 2.05) is 12.1 Å². The summed E-state index contributed by atoms with van der Waals surface area (Å²) in [6.07, 6.45) is 0. The Hall–Kier alpha value is -1.00. The molecule has 0 unspecified atom stereocenters. The lowest BCUT2D eigenvalue weighted by Crippen LogP contribution is -1.81. The number of hydrogen-bond acceptors (Lipinski definition) is 3. The molecular formula is C9H7NOS2. The number of aromatic nitrogens is 1. The zero-order valence-corrected chi connectivity index (χ0v) is 8.32. The summed E-state index contributed by atoms with van der Waals surface area (Å²) in [5.74, 6) is 0.205.